The molecule has 0 aromatic rings. The van der Waals surface area contributed by atoms with E-state index in [1.165, 1.54) is 0 Å². The van der Waals surface area contributed by atoms with Crippen molar-refractivity contribution in [3.8, 4) is 0 Å². The molecule has 5 heteroatoms. The van der Waals surface area contributed by atoms with Crippen LogP contribution in [0.1, 0.15) is 13.8 Å². The third kappa shape index (κ3) is 2.87. The first-order valence-electron chi connectivity index (χ1n) is 2.86. The molecule has 2 atom stereocenters. The van der Waals surface area contributed by atoms with Gasteiger partial charge < -0.3 is 10.1 Å². The number of hydrogen-bond acceptors (Lipinski definition) is 1. The smallest absolute Gasteiger partial charge is 0.275 e. The third-order valence-corrected chi connectivity index (χ3v) is 2.24. The first-order chi connectivity index (χ1) is 4.59. The van der Waals surface area contributed by atoms with Crippen LogP contribution in [0.25, 0.3) is 5.53 Å². The molecule has 0 spiro atoms. The van der Waals surface area contributed by atoms with Crippen molar-refractivity contribution in [1.29, 1.82) is 0 Å². The minimum Gasteiger partial charge on any atom is -0.362 e. The van der Waals surface area contributed by atoms with Crippen LogP contribution in [-0.2, 0) is 11.1 Å². The van der Waals surface area contributed by atoms with Crippen molar-refractivity contribution in [2.45, 2.75) is 19.1 Å². The molecule has 0 aliphatic heterocycles. The van der Waals surface area contributed by atoms with Crippen LogP contribution < -0.4 is 0 Å². The standard InChI is InChI=1S/C5H10N2O2S/c1-4(2)5(3-7-6)10(8)9/h3-5H,1-2H3,(H,8,9). The van der Waals surface area contributed by atoms with Crippen molar-refractivity contribution in [3.63, 3.8) is 0 Å². The Morgan fingerprint density at radius 2 is 2.20 bits per heavy atom. The van der Waals surface area contributed by atoms with Gasteiger partial charge in [-0.3, -0.25) is 0 Å². The quantitative estimate of drug-likeness (QED) is 0.284. The van der Waals surface area contributed by atoms with E-state index in [4.69, 9.17) is 10.1 Å². The summed E-state index contributed by atoms with van der Waals surface area (Å²) in [6, 6.07) is 0. The Hall–Kier alpha value is -0.510. The van der Waals surface area contributed by atoms with Gasteiger partial charge >= 0.3 is 0 Å². The number of hydrogen-bond donors (Lipinski definition) is 1. The van der Waals surface area contributed by atoms with Crippen LogP contribution in [0.5, 0.6) is 0 Å². The highest BCUT2D eigenvalue weighted by Gasteiger charge is 2.20. The lowest BCUT2D eigenvalue weighted by atomic mass is 10.1. The zero-order valence-electron chi connectivity index (χ0n) is 5.89. The van der Waals surface area contributed by atoms with Gasteiger partial charge in [-0.05, 0) is 5.92 Å². The van der Waals surface area contributed by atoms with Crippen LogP contribution in [0.15, 0.2) is 0 Å². The van der Waals surface area contributed by atoms with E-state index in [0.717, 1.165) is 6.21 Å². The largest absolute Gasteiger partial charge is 0.362 e. The van der Waals surface area contributed by atoms with Crippen molar-refractivity contribution >= 4 is 17.3 Å². The summed E-state index contributed by atoms with van der Waals surface area (Å²) < 4.78 is 19.0. The molecule has 1 N–H and O–H groups in total. The molecule has 0 bridgehead atoms. The van der Waals surface area contributed by atoms with E-state index in [9.17, 15) is 4.21 Å². The van der Waals surface area contributed by atoms with E-state index >= 15 is 0 Å². The maximum absolute atomic E-state index is 10.4. The van der Waals surface area contributed by atoms with Gasteiger partial charge in [-0.2, -0.15) is 4.79 Å². The summed E-state index contributed by atoms with van der Waals surface area (Å²) in [6.07, 6.45) is 1.07. The van der Waals surface area contributed by atoms with Crippen molar-refractivity contribution < 1.29 is 13.6 Å². The van der Waals surface area contributed by atoms with E-state index in [2.05, 4.69) is 4.79 Å². The second-order valence-electron chi connectivity index (χ2n) is 2.25. The molecule has 0 fully saturated rings. The molecule has 0 amide bonds. The predicted molar refractivity (Wildman–Crippen MR) is 39.1 cm³/mol. The molecular weight excluding hydrogens is 152 g/mol. The average molecular weight is 162 g/mol. The Kier molecular flexibility index (Phi) is 4.11. The van der Waals surface area contributed by atoms with Crippen molar-refractivity contribution in [1.82, 2.24) is 0 Å². The summed E-state index contributed by atoms with van der Waals surface area (Å²) in [5, 5.41) is -0.579. The zero-order valence-corrected chi connectivity index (χ0v) is 6.71. The molecule has 0 heterocycles. The maximum Gasteiger partial charge on any atom is 0.275 e. The highest BCUT2D eigenvalue weighted by molar-refractivity contribution is 7.80. The lowest BCUT2D eigenvalue weighted by Crippen LogP contribution is -2.23. The van der Waals surface area contributed by atoms with E-state index in [0.29, 0.717) is 0 Å². The topological polar surface area (TPSA) is 73.7 Å². The first-order valence-corrected chi connectivity index (χ1v) is 4.03. The van der Waals surface area contributed by atoms with Gasteiger partial charge in [-0.1, -0.05) is 13.8 Å². The molecule has 10 heavy (non-hydrogen) atoms. The van der Waals surface area contributed by atoms with E-state index in [1.807, 2.05) is 0 Å². The van der Waals surface area contributed by atoms with E-state index in [-0.39, 0.29) is 5.92 Å². The second-order valence-corrected chi connectivity index (χ2v) is 3.35. The molecule has 0 aliphatic carbocycles. The summed E-state index contributed by atoms with van der Waals surface area (Å²) in [7, 11) is 0. The molecule has 0 aromatic heterocycles. The zero-order chi connectivity index (χ0) is 8.15. The number of rotatable bonds is 3. The van der Waals surface area contributed by atoms with Gasteiger partial charge in [0, 0.05) is 0 Å². The average Bonchev–Trinajstić information content (AvgIpc) is 1.81. The highest BCUT2D eigenvalue weighted by Crippen LogP contribution is 2.03. The Morgan fingerprint density at radius 3 is 2.30 bits per heavy atom. The SMILES string of the molecule is CC(C)C(C=[N+]=[N-])S(=O)O. The van der Waals surface area contributed by atoms with Gasteiger partial charge in [-0.25, -0.2) is 4.21 Å². The minimum atomic E-state index is -1.94. The molecule has 0 aromatic carbocycles. The van der Waals surface area contributed by atoms with Gasteiger partial charge in [0.05, 0.1) is 0 Å². The molecule has 58 valence electrons. The third-order valence-electron chi connectivity index (χ3n) is 1.10. The first kappa shape index (κ1) is 9.49. The molecule has 2 unspecified atom stereocenters. The van der Waals surface area contributed by atoms with Crippen LogP contribution in [0.3, 0.4) is 0 Å². The molecule has 0 saturated carbocycles. The highest BCUT2D eigenvalue weighted by atomic mass is 32.2. The lowest BCUT2D eigenvalue weighted by Gasteiger charge is -2.05. The fourth-order valence-electron chi connectivity index (χ4n) is 0.523. The maximum atomic E-state index is 10.4. The summed E-state index contributed by atoms with van der Waals surface area (Å²) in [5.41, 5.74) is 8.06. The van der Waals surface area contributed by atoms with E-state index < -0.39 is 16.3 Å². The van der Waals surface area contributed by atoms with Gasteiger partial charge in [0.25, 0.3) is 6.21 Å². The molecule has 0 aliphatic rings. The lowest BCUT2D eigenvalue weighted by molar-refractivity contribution is 0.000391. The fourth-order valence-corrected chi connectivity index (χ4v) is 1.15. The predicted octanol–water partition coefficient (Wildman–Crippen LogP) is 0.533. The monoisotopic (exact) mass is 162 g/mol. The molecule has 0 rings (SSSR count). The Balaban J connectivity index is 4.26. The number of nitrogens with zero attached hydrogens (tertiary/aromatic N) is 2. The van der Waals surface area contributed by atoms with Crippen molar-refractivity contribution in [3.05, 3.63) is 5.53 Å². The van der Waals surface area contributed by atoms with Crippen molar-refractivity contribution in [2.75, 3.05) is 0 Å². The normalized spacial score (nSPS) is 16.0. The van der Waals surface area contributed by atoms with Gasteiger partial charge in [0.2, 0.25) is 0 Å². The van der Waals surface area contributed by atoms with Gasteiger partial charge in [0.1, 0.15) is 0 Å². The summed E-state index contributed by atoms with van der Waals surface area (Å²) >= 11 is -1.94. The fraction of sp³-hybridized carbons (Fsp3) is 0.800. The second kappa shape index (κ2) is 4.33. The summed E-state index contributed by atoms with van der Waals surface area (Å²) in [5.74, 6) is 0.00160. The van der Waals surface area contributed by atoms with Crippen LogP contribution >= 0.6 is 0 Å². The molecule has 0 saturated heterocycles. The van der Waals surface area contributed by atoms with Crippen LogP contribution in [0.4, 0.5) is 0 Å². The summed E-state index contributed by atoms with van der Waals surface area (Å²) in [6.45, 7) is 3.56. The van der Waals surface area contributed by atoms with Crippen molar-refractivity contribution in [2.24, 2.45) is 5.92 Å². The van der Waals surface area contributed by atoms with E-state index in [1.54, 1.807) is 13.8 Å². The van der Waals surface area contributed by atoms with Crippen LogP contribution in [0.2, 0.25) is 0 Å². The molecule has 4 nitrogen and oxygen atoms in total. The molecule has 0 radical (unpaired) electrons. The van der Waals surface area contributed by atoms with Crippen LogP contribution in [0, 0.1) is 5.92 Å². The Labute approximate surface area is 62.2 Å². The minimum absolute atomic E-state index is 0.00160. The Bertz CT molecular complexity index is 172. The molecular formula is C5H10N2O2S. The van der Waals surface area contributed by atoms with Gasteiger partial charge in [0.15, 0.2) is 16.3 Å². The van der Waals surface area contributed by atoms with Crippen LogP contribution in [-0.4, -0.2) is 25.0 Å². The summed E-state index contributed by atoms with van der Waals surface area (Å²) in [4.78, 5) is 2.70. The van der Waals surface area contributed by atoms with Gasteiger partial charge in [-0.15, -0.1) is 0 Å². The Morgan fingerprint density at radius 1 is 1.70 bits per heavy atom.